The van der Waals surface area contributed by atoms with Gasteiger partial charge in [0, 0.05) is 5.54 Å². The molecule has 4 aliphatic carbocycles. The van der Waals surface area contributed by atoms with Gasteiger partial charge in [0.15, 0.2) is 5.69 Å². The predicted molar refractivity (Wildman–Crippen MR) is 73.6 cm³/mol. The molecular formula is C14H18N4O3. The van der Waals surface area contributed by atoms with Gasteiger partial charge in [-0.15, -0.1) is 5.10 Å². The fourth-order valence-electron chi connectivity index (χ4n) is 5.09. The third-order valence-electron chi connectivity index (χ3n) is 5.41. The summed E-state index contributed by atoms with van der Waals surface area (Å²) in [4.78, 5) is 22.4. The highest BCUT2D eigenvalue weighted by atomic mass is 16.6. The van der Waals surface area contributed by atoms with Crippen LogP contribution in [0.25, 0.3) is 0 Å². The number of carbonyl (C=O) groups excluding carboxylic acids is 1. The van der Waals surface area contributed by atoms with Gasteiger partial charge in [-0.1, -0.05) is 5.10 Å². The van der Waals surface area contributed by atoms with E-state index in [4.69, 9.17) is 0 Å². The van der Waals surface area contributed by atoms with Gasteiger partial charge in [0.1, 0.15) is 0 Å². The number of nitrogens with zero attached hydrogens (tertiary/aromatic N) is 2. The fraction of sp³-hybridized carbons (Fsp3) is 0.714. The minimum Gasteiger partial charge on any atom is -0.358 e. The number of aromatic nitrogens is 2. The Morgan fingerprint density at radius 3 is 2.33 bits per heavy atom. The molecular weight excluding hydrogens is 272 g/mol. The molecule has 21 heavy (non-hydrogen) atoms. The molecule has 0 saturated heterocycles. The van der Waals surface area contributed by atoms with Crippen LogP contribution in [0.2, 0.25) is 0 Å². The number of carbonyl (C=O) groups is 1. The van der Waals surface area contributed by atoms with Crippen LogP contribution in [0.3, 0.4) is 0 Å². The van der Waals surface area contributed by atoms with Crippen LogP contribution in [0.1, 0.15) is 49.0 Å². The fourth-order valence-corrected chi connectivity index (χ4v) is 5.09. The van der Waals surface area contributed by atoms with E-state index in [1.807, 2.05) is 0 Å². The Balaban J connectivity index is 1.52. The zero-order chi connectivity index (χ0) is 14.6. The molecule has 4 fully saturated rings. The second-order valence-corrected chi connectivity index (χ2v) is 7.05. The molecule has 0 unspecified atom stereocenters. The van der Waals surface area contributed by atoms with Gasteiger partial charge in [0.05, 0.1) is 6.07 Å². The van der Waals surface area contributed by atoms with E-state index >= 15 is 0 Å². The topological polar surface area (TPSA) is 101 Å². The molecule has 4 aliphatic rings. The van der Waals surface area contributed by atoms with Crippen LogP contribution in [0.5, 0.6) is 0 Å². The number of nitrogens with one attached hydrogen (secondary N) is 2. The summed E-state index contributed by atoms with van der Waals surface area (Å²) < 4.78 is 0. The molecule has 7 heteroatoms. The van der Waals surface area contributed by atoms with Crippen molar-refractivity contribution < 1.29 is 9.72 Å². The molecule has 4 saturated carbocycles. The van der Waals surface area contributed by atoms with E-state index in [2.05, 4.69) is 15.5 Å². The van der Waals surface area contributed by atoms with Gasteiger partial charge < -0.3 is 15.4 Å². The van der Waals surface area contributed by atoms with Crippen molar-refractivity contribution in [2.45, 2.75) is 44.1 Å². The molecule has 4 bridgehead atoms. The minimum atomic E-state index is -0.575. The van der Waals surface area contributed by atoms with Crippen LogP contribution in [0.4, 0.5) is 5.82 Å². The van der Waals surface area contributed by atoms with E-state index in [9.17, 15) is 14.9 Å². The van der Waals surface area contributed by atoms with E-state index in [0.717, 1.165) is 37.0 Å². The van der Waals surface area contributed by atoms with Crippen LogP contribution >= 0.6 is 0 Å². The van der Waals surface area contributed by atoms with E-state index in [1.165, 1.54) is 25.3 Å². The molecule has 0 spiro atoms. The SMILES string of the molecule is O=C(NC12CC3CC(CC(C3)C1)C2)c1cc([N+](=O)[O-])[nH]n1. The largest absolute Gasteiger partial charge is 0.358 e. The Hall–Kier alpha value is -1.92. The van der Waals surface area contributed by atoms with E-state index in [-0.39, 0.29) is 23.0 Å². The average Bonchev–Trinajstić information content (AvgIpc) is 2.85. The Bertz CT molecular complexity index is 574. The Morgan fingerprint density at radius 2 is 1.86 bits per heavy atom. The van der Waals surface area contributed by atoms with E-state index in [0.29, 0.717) is 0 Å². The third kappa shape index (κ3) is 2.11. The van der Waals surface area contributed by atoms with Crippen molar-refractivity contribution in [1.29, 1.82) is 0 Å². The van der Waals surface area contributed by atoms with Crippen molar-refractivity contribution >= 4 is 11.7 Å². The molecule has 1 aromatic heterocycles. The van der Waals surface area contributed by atoms with E-state index in [1.54, 1.807) is 0 Å². The lowest BCUT2D eigenvalue weighted by atomic mass is 9.53. The van der Waals surface area contributed by atoms with Crippen molar-refractivity contribution in [2.24, 2.45) is 17.8 Å². The molecule has 2 N–H and O–H groups in total. The van der Waals surface area contributed by atoms with Crippen LogP contribution in [0, 0.1) is 27.9 Å². The first-order chi connectivity index (χ1) is 10.0. The maximum atomic E-state index is 12.3. The van der Waals surface area contributed by atoms with Crippen molar-refractivity contribution in [3.63, 3.8) is 0 Å². The van der Waals surface area contributed by atoms with Crippen molar-refractivity contribution in [1.82, 2.24) is 15.5 Å². The van der Waals surface area contributed by atoms with Crippen LogP contribution in [-0.4, -0.2) is 26.6 Å². The summed E-state index contributed by atoms with van der Waals surface area (Å²) in [5.41, 5.74) is 0.0111. The lowest BCUT2D eigenvalue weighted by Gasteiger charge is -2.56. The van der Waals surface area contributed by atoms with Gasteiger partial charge in [0.2, 0.25) is 0 Å². The Morgan fingerprint density at radius 1 is 1.29 bits per heavy atom. The third-order valence-corrected chi connectivity index (χ3v) is 5.41. The predicted octanol–water partition coefficient (Wildman–Crippen LogP) is 2.02. The Labute approximate surface area is 121 Å². The first-order valence-electron chi connectivity index (χ1n) is 7.55. The van der Waals surface area contributed by atoms with E-state index < -0.39 is 4.92 Å². The second-order valence-electron chi connectivity index (χ2n) is 7.05. The lowest BCUT2D eigenvalue weighted by molar-refractivity contribution is -0.389. The van der Waals surface area contributed by atoms with Crippen molar-refractivity contribution in [2.75, 3.05) is 0 Å². The zero-order valence-electron chi connectivity index (χ0n) is 11.7. The zero-order valence-corrected chi connectivity index (χ0v) is 11.7. The number of hydrogen-bond acceptors (Lipinski definition) is 4. The first-order valence-corrected chi connectivity index (χ1v) is 7.55. The maximum Gasteiger partial charge on any atom is 0.343 e. The molecule has 0 atom stereocenters. The van der Waals surface area contributed by atoms with Gasteiger partial charge in [-0.2, -0.15) is 0 Å². The maximum absolute atomic E-state index is 12.3. The number of rotatable bonds is 3. The van der Waals surface area contributed by atoms with Gasteiger partial charge in [-0.05, 0) is 61.2 Å². The molecule has 0 radical (unpaired) electrons. The summed E-state index contributed by atoms with van der Waals surface area (Å²) in [6.45, 7) is 0. The van der Waals surface area contributed by atoms with Crippen molar-refractivity contribution in [3.05, 3.63) is 21.9 Å². The molecule has 1 aromatic rings. The average molecular weight is 290 g/mol. The number of amides is 1. The molecule has 112 valence electrons. The van der Waals surface area contributed by atoms with Gasteiger partial charge in [-0.25, -0.2) is 0 Å². The highest BCUT2D eigenvalue weighted by Gasteiger charge is 2.51. The highest BCUT2D eigenvalue weighted by molar-refractivity contribution is 5.93. The number of nitro groups is 1. The number of H-pyrrole nitrogens is 1. The summed E-state index contributed by atoms with van der Waals surface area (Å²) in [5.74, 6) is 1.69. The normalized spacial score (nSPS) is 36.7. The summed E-state index contributed by atoms with van der Waals surface area (Å²) in [5, 5.41) is 19.8. The monoisotopic (exact) mass is 290 g/mol. The van der Waals surface area contributed by atoms with Gasteiger partial charge in [0.25, 0.3) is 5.91 Å². The number of aromatic amines is 1. The van der Waals surface area contributed by atoms with Crippen LogP contribution < -0.4 is 5.32 Å². The summed E-state index contributed by atoms with van der Waals surface area (Å²) in [7, 11) is 0. The standard InChI is InChI=1S/C14H18N4O3/c19-13(11-4-12(17-16-11)18(20)21)15-14-5-8-1-9(6-14)3-10(2-8)7-14/h4,8-10H,1-3,5-7H2,(H,15,19)(H,16,17). The quantitative estimate of drug-likeness (QED) is 0.656. The molecule has 1 amide bonds. The Kier molecular flexibility index (Phi) is 2.61. The minimum absolute atomic E-state index is 0.0977. The second kappa shape index (κ2) is 4.29. The van der Waals surface area contributed by atoms with Crippen LogP contribution in [-0.2, 0) is 0 Å². The molecule has 7 nitrogen and oxygen atoms in total. The van der Waals surface area contributed by atoms with Crippen LogP contribution in [0.15, 0.2) is 6.07 Å². The smallest absolute Gasteiger partial charge is 0.343 e. The first kappa shape index (κ1) is 12.8. The summed E-state index contributed by atoms with van der Waals surface area (Å²) in [6, 6.07) is 1.20. The number of hydrogen-bond donors (Lipinski definition) is 2. The molecule has 0 aliphatic heterocycles. The molecule has 1 heterocycles. The van der Waals surface area contributed by atoms with Gasteiger partial charge in [-0.3, -0.25) is 4.79 Å². The summed E-state index contributed by atoms with van der Waals surface area (Å²) >= 11 is 0. The molecule has 5 rings (SSSR count). The van der Waals surface area contributed by atoms with Crippen molar-refractivity contribution in [3.8, 4) is 0 Å². The molecule has 0 aromatic carbocycles. The summed E-state index contributed by atoms with van der Waals surface area (Å²) in [6.07, 6.45) is 7.08. The highest BCUT2D eigenvalue weighted by Crippen LogP contribution is 2.55. The lowest BCUT2D eigenvalue weighted by Crippen LogP contribution is -2.59. The van der Waals surface area contributed by atoms with Gasteiger partial charge >= 0.3 is 5.82 Å².